The number of rotatable bonds is 5. The van der Waals surface area contributed by atoms with Crippen LogP contribution in [0.1, 0.15) is 46.5 Å². The third kappa shape index (κ3) is 6.97. The van der Waals surface area contributed by atoms with Crippen LogP contribution in [-0.4, -0.2) is 48.4 Å². The predicted molar refractivity (Wildman–Crippen MR) is 101 cm³/mol. The Labute approximate surface area is 161 Å². The van der Waals surface area contributed by atoms with E-state index in [-0.39, 0.29) is 31.1 Å². The summed E-state index contributed by atoms with van der Waals surface area (Å²) < 4.78 is 10.7. The first kappa shape index (κ1) is 20.8. The maximum atomic E-state index is 12.3. The summed E-state index contributed by atoms with van der Waals surface area (Å²) in [6.45, 7) is 6.64. The molecule has 0 saturated carbocycles. The lowest BCUT2D eigenvalue weighted by Gasteiger charge is -2.26. The van der Waals surface area contributed by atoms with E-state index in [9.17, 15) is 9.59 Å². The van der Waals surface area contributed by atoms with Gasteiger partial charge in [0, 0.05) is 19.1 Å². The van der Waals surface area contributed by atoms with Gasteiger partial charge in [-0.2, -0.15) is 5.26 Å². The molecule has 1 N–H and O–H groups in total. The van der Waals surface area contributed by atoms with Gasteiger partial charge in [-0.1, -0.05) is 18.2 Å². The van der Waals surface area contributed by atoms with Crippen molar-refractivity contribution in [2.75, 3.05) is 19.7 Å². The number of carbonyl (C=O) groups excluding carboxylic acids is 2. The third-order valence-electron chi connectivity index (χ3n) is 4.50. The molecule has 0 aromatic carbocycles. The van der Waals surface area contributed by atoms with Crippen molar-refractivity contribution in [3.63, 3.8) is 0 Å². The van der Waals surface area contributed by atoms with E-state index in [1.165, 1.54) is 0 Å². The van der Waals surface area contributed by atoms with Crippen LogP contribution >= 0.6 is 0 Å². The maximum Gasteiger partial charge on any atom is 0.410 e. The molecule has 2 amide bonds. The maximum absolute atomic E-state index is 12.3. The van der Waals surface area contributed by atoms with Gasteiger partial charge >= 0.3 is 12.2 Å². The Morgan fingerprint density at radius 3 is 2.81 bits per heavy atom. The summed E-state index contributed by atoms with van der Waals surface area (Å²) in [6.07, 6.45) is 8.11. The highest BCUT2D eigenvalue weighted by Gasteiger charge is 2.34. The van der Waals surface area contributed by atoms with Gasteiger partial charge in [0.2, 0.25) is 0 Å². The molecule has 1 aliphatic heterocycles. The van der Waals surface area contributed by atoms with Crippen molar-refractivity contribution in [1.29, 1.82) is 5.26 Å². The van der Waals surface area contributed by atoms with Crippen LogP contribution < -0.4 is 5.32 Å². The Bertz CT molecular complexity index is 643. The fourth-order valence-corrected chi connectivity index (χ4v) is 3.19. The molecule has 0 aromatic rings. The van der Waals surface area contributed by atoms with Crippen molar-refractivity contribution in [2.24, 2.45) is 5.92 Å². The molecule has 1 fully saturated rings. The molecule has 2 atom stereocenters. The molecule has 2 aliphatic rings. The van der Waals surface area contributed by atoms with E-state index in [1.807, 2.05) is 6.08 Å². The number of alkyl carbamates (subject to hydrolysis) is 1. The van der Waals surface area contributed by atoms with Gasteiger partial charge in [0.05, 0.1) is 12.5 Å². The van der Waals surface area contributed by atoms with Crippen LogP contribution in [0.4, 0.5) is 9.59 Å². The molecule has 148 valence electrons. The fourth-order valence-electron chi connectivity index (χ4n) is 3.19. The summed E-state index contributed by atoms with van der Waals surface area (Å²) in [5.41, 5.74) is 0.411. The van der Waals surface area contributed by atoms with Crippen LogP contribution in [0.3, 0.4) is 0 Å². The van der Waals surface area contributed by atoms with Gasteiger partial charge in [-0.25, -0.2) is 9.59 Å². The van der Waals surface area contributed by atoms with Crippen LogP contribution in [0.15, 0.2) is 23.8 Å². The molecule has 7 heteroatoms. The number of ether oxygens (including phenoxy) is 2. The van der Waals surface area contributed by atoms with Gasteiger partial charge in [-0.05, 0) is 51.5 Å². The van der Waals surface area contributed by atoms with Gasteiger partial charge < -0.3 is 19.7 Å². The van der Waals surface area contributed by atoms with E-state index in [1.54, 1.807) is 25.7 Å². The number of hydrogen-bond acceptors (Lipinski definition) is 5. The van der Waals surface area contributed by atoms with Crippen LogP contribution in [0, 0.1) is 17.2 Å². The highest BCUT2D eigenvalue weighted by atomic mass is 16.6. The second kappa shape index (κ2) is 9.45. The molecular formula is C20H29N3O4. The Balaban J connectivity index is 1.84. The van der Waals surface area contributed by atoms with Crippen molar-refractivity contribution >= 4 is 12.2 Å². The van der Waals surface area contributed by atoms with Crippen LogP contribution in [0.2, 0.25) is 0 Å². The molecule has 2 unspecified atom stereocenters. The summed E-state index contributed by atoms with van der Waals surface area (Å²) >= 11 is 0. The third-order valence-corrected chi connectivity index (χ3v) is 4.50. The van der Waals surface area contributed by atoms with Gasteiger partial charge in [-0.15, -0.1) is 0 Å². The molecule has 1 aliphatic carbocycles. The Hall–Kier alpha value is -2.49. The van der Waals surface area contributed by atoms with Crippen LogP contribution in [0.5, 0.6) is 0 Å². The van der Waals surface area contributed by atoms with E-state index in [4.69, 9.17) is 14.7 Å². The quantitative estimate of drug-likeness (QED) is 0.794. The van der Waals surface area contributed by atoms with E-state index >= 15 is 0 Å². The second-order valence-electron chi connectivity index (χ2n) is 7.92. The smallest absolute Gasteiger partial charge is 0.410 e. The molecule has 27 heavy (non-hydrogen) atoms. The van der Waals surface area contributed by atoms with Crippen molar-refractivity contribution in [3.8, 4) is 6.07 Å². The van der Waals surface area contributed by atoms with Crippen LogP contribution in [-0.2, 0) is 9.47 Å². The monoisotopic (exact) mass is 375 g/mol. The topological polar surface area (TPSA) is 91.7 Å². The number of nitrogens with one attached hydrogen (secondary N) is 1. The lowest BCUT2D eigenvalue weighted by Crippen LogP contribution is -2.44. The average molecular weight is 375 g/mol. The minimum absolute atomic E-state index is 0.00138. The Morgan fingerprint density at radius 1 is 1.41 bits per heavy atom. The molecule has 1 heterocycles. The van der Waals surface area contributed by atoms with Crippen molar-refractivity contribution < 1.29 is 19.1 Å². The second-order valence-corrected chi connectivity index (χ2v) is 7.92. The van der Waals surface area contributed by atoms with Gasteiger partial charge in [0.1, 0.15) is 12.2 Å². The first-order valence-electron chi connectivity index (χ1n) is 9.42. The van der Waals surface area contributed by atoms with Gasteiger partial charge in [-0.3, -0.25) is 0 Å². The average Bonchev–Trinajstić information content (AvgIpc) is 3.09. The summed E-state index contributed by atoms with van der Waals surface area (Å²) in [4.78, 5) is 26.0. The molecule has 7 nitrogen and oxygen atoms in total. The number of carbonyl (C=O) groups is 2. The van der Waals surface area contributed by atoms with Crippen molar-refractivity contribution in [2.45, 2.75) is 58.1 Å². The van der Waals surface area contributed by atoms with Crippen molar-refractivity contribution in [3.05, 3.63) is 23.8 Å². The van der Waals surface area contributed by atoms with E-state index < -0.39 is 11.7 Å². The van der Waals surface area contributed by atoms with E-state index in [2.05, 4.69) is 23.5 Å². The molecule has 0 spiro atoms. The summed E-state index contributed by atoms with van der Waals surface area (Å²) in [5.74, 6) is -0.00138. The number of likely N-dealkylation sites (tertiary alicyclic amines) is 1. The molecule has 1 saturated heterocycles. The van der Waals surface area contributed by atoms with Crippen molar-refractivity contribution in [1.82, 2.24) is 10.2 Å². The Morgan fingerprint density at radius 2 is 2.19 bits per heavy atom. The molecule has 0 aromatic heterocycles. The Kier molecular flexibility index (Phi) is 7.28. The molecular weight excluding hydrogens is 346 g/mol. The summed E-state index contributed by atoms with van der Waals surface area (Å²) in [6, 6.07) is 1.75. The fraction of sp³-hybridized carbons (Fsp3) is 0.650. The standard InChI is InChI=1S/C20H29N3O4/c1-20(2,3)27-18(24)22-17(9-11-21)16-10-12-23(13-16)19(25)26-14-15-7-5-4-6-8-15/h5,7-8,16-17H,4,6,9-10,12-14H2,1-3H3,(H,22,24). The molecule has 0 radical (unpaired) electrons. The van der Waals surface area contributed by atoms with E-state index in [0.29, 0.717) is 19.5 Å². The van der Waals surface area contributed by atoms with E-state index in [0.717, 1.165) is 18.4 Å². The zero-order valence-electron chi connectivity index (χ0n) is 16.4. The summed E-state index contributed by atoms with van der Waals surface area (Å²) in [5, 5.41) is 11.9. The normalized spacial score (nSPS) is 20.4. The first-order valence-corrected chi connectivity index (χ1v) is 9.42. The number of amides is 2. The number of nitrogens with zero attached hydrogens (tertiary/aromatic N) is 2. The first-order chi connectivity index (χ1) is 12.8. The highest BCUT2D eigenvalue weighted by Crippen LogP contribution is 2.23. The number of allylic oxidation sites excluding steroid dienone is 2. The number of hydrogen-bond donors (Lipinski definition) is 1. The predicted octanol–water partition coefficient (Wildman–Crippen LogP) is 3.53. The minimum atomic E-state index is -0.602. The molecule has 0 bridgehead atoms. The minimum Gasteiger partial charge on any atom is -0.445 e. The lowest BCUT2D eigenvalue weighted by atomic mass is 9.97. The SMILES string of the molecule is CC(C)(C)OC(=O)NC(CC#N)C1CCN(C(=O)OCC2=CCCC=C2)C1. The highest BCUT2D eigenvalue weighted by molar-refractivity contribution is 5.69. The zero-order chi connectivity index (χ0) is 19.9. The van der Waals surface area contributed by atoms with Crippen LogP contribution in [0.25, 0.3) is 0 Å². The molecule has 2 rings (SSSR count). The number of nitriles is 1. The van der Waals surface area contributed by atoms with Gasteiger partial charge in [0.15, 0.2) is 0 Å². The lowest BCUT2D eigenvalue weighted by molar-refractivity contribution is 0.0488. The van der Waals surface area contributed by atoms with Gasteiger partial charge in [0.25, 0.3) is 0 Å². The zero-order valence-corrected chi connectivity index (χ0v) is 16.4. The summed E-state index contributed by atoms with van der Waals surface area (Å²) in [7, 11) is 0. The largest absolute Gasteiger partial charge is 0.445 e.